The lowest BCUT2D eigenvalue weighted by Gasteiger charge is -2.12. The van der Waals surface area contributed by atoms with Gasteiger partial charge in [-0.25, -0.2) is 4.79 Å². The van der Waals surface area contributed by atoms with Crippen LogP contribution in [0.15, 0.2) is 54.6 Å². The molecule has 5 nitrogen and oxygen atoms in total. The Morgan fingerprint density at radius 2 is 1.74 bits per heavy atom. The van der Waals surface area contributed by atoms with Gasteiger partial charge in [0.2, 0.25) is 0 Å². The third-order valence-electron chi connectivity index (χ3n) is 3.25. The van der Waals surface area contributed by atoms with Crippen LogP contribution in [0.5, 0.6) is 0 Å². The maximum Gasteiger partial charge on any atom is 0.319 e. The number of rotatable bonds is 8. The van der Waals surface area contributed by atoms with Gasteiger partial charge in [0.1, 0.15) is 0 Å². The molecule has 0 saturated heterocycles. The van der Waals surface area contributed by atoms with E-state index < -0.39 is 0 Å². The van der Waals surface area contributed by atoms with Crippen LogP contribution in [0.4, 0.5) is 10.5 Å². The molecule has 0 aliphatic heterocycles. The number of benzene rings is 2. The molecule has 0 aliphatic rings. The summed E-state index contributed by atoms with van der Waals surface area (Å²) in [6, 6.07) is 17.4. The van der Waals surface area contributed by atoms with Gasteiger partial charge in [-0.05, 0) is 18.1 Å². The fourth-order valence-corrected chi connectivity index (χ4v) is 2.17. The summed E-state index contributed by atoms with van der Waals surface area (Å²) in [5.41, 5.74) is 2.81. The summed E-state index contributed by atoms with van der Waals surface area (Å²) in [6.07, 6.45) is 0.702. The molecule has 0 saturated carbocycles. The van der Waals surface area contributed by atoms with Crippen molar-refractivity contribution in [1.82, 2.24) is 5.32 Å². The molecular weight excluding hydrogens is 292 g/mol. The van der Waals surface area contributed by atoms with Crippen LogP contribution in [0.25, 0.3) is 11.1 Å². The molecule has 2 rings (SSSR count). The zero-order chi connectivity index (χ0) is 16.3. The number of nitrogens with one attached hydrogen (secondary N) is 2. The minimum absolute atomic E-state index is 0.0180. The van der Waals surface area contributed by atoms with E-state index in [4.69, 9.17) is 9.84 Å². The molecule has 2 aromatic carbocycles. The number of ether oxygens (including phenoxy) is 1. The number of aliphatic hydroxyl groups excluding tert-OH is 1. The zero-order valence-electron chi connectivity index (χ0n) is 13.0. The fourth-order valence-electron chi connectivity index (χ4n) is 2.17. The van der Waals surface area contributed by atoms with E-state index in [1.54, 1.807) is 0 Å². The molecule has 0 bridgehead atoms. The number of anilines is 1. The first-order chi connectivity index (χ1) is 11.3. The lowest BCUT2D eigenvalue weighted by Crippen LogP contribution is -2.30. The molecule has 122 valence electrons. The second-order valence-corrected chi connectivity index (χ2v) is 4.98. The third-order valence-corrected chi connectivity index (χ3v) is 3.25. The van der Waals surface area contributed by atoms with Gasteiger partial charge in [-0.15, -0.1) is 0 Å². The first-order valence-corrected chi connectivity index (χ1v) is 7.69. The third kappa shape index (κ3) is 5.73. The second kappa shape index (κ2) is 9.61. The molecule has 0 unspecified atom stereocenters. The van der Waals surface area contributed by atoms with Crippen LogP contribution in [0.3, 0.4) is 0 Å². The molecule has 2 amide bonds. The van der Waals surface area contributed by atoms with E-state index in [-0.39, 0.29) is 12.6 Å². The maximum absolute atomic E-state index is 12.0. The Kier molecular flexibility index (Phi) is 7.10. The molecule has 2 aromatic rings. The summed E-state index contributed by atoms with van der Waals surface area (Å²) >= 11 is 0. The standard InChI is InChI=1S/C18H22N2O3/c21-12-14-23-13-6-11-19-18(22)20-17-10-5-4-9-16(17)15-7-2-1-3-8-15/h1-5,7-10,21H,6,11-14H2,(H2,19,20,22). The number of para-hydroxylation sites is 1. The Hall–Kier alpha value is -2.37. The summed E-state index contributed by atoms with van der Waals surface area (Å²) in [7, 11) is 0. The van der Waals surface area contributed by atoms with Crippen LogP contribution < -0.4 is 10.6 Å². The topological polar surface area (TPSA) is 70.6 Å². The van der Waals surface area contributed by atoms with Crippen LogP contribution in [0, 0.1) is 0 Å². The number of carbonyl (C=O) groups is 1. The molecular formula is C18H22N2O3. The Balaban J connectivity index is 1.87. The van der Waals surface area contributed by atoms with Crippen molar-refractivity contribution < 1.29 is 14.6 Å². The number of hydrogen-bond acceptors (Lipinski definition) is 3. The van der Waals surface area contributed by atoms with Gasteiger partial charge in [0.05, 0.1) is 18.9 Å². The predicted octanol–water partition coefficient (Wildman–Crippen LogP) is 2.87. The first kappa shape index (κ1) is 17.0. The Labute approximate surface area is 136 Å². The average molecular weight is 314 g/mol. The number of amides is 2. The van der Waals surface area contributed by atoms with E-state index in [1.165, 1.54) is 0 Å². The SMILES string of the molecule is O=C(NCCCOCCO)Nc1ccccc1-c1ccccc1. The van der Waals surface area contributed by atoms with Crippen molar-refractivity contribution in [3.63, 3.8) is 0 Å². The van der Waals surface area contributed by atoms with Gasteiger partial charge >= 0.3 is 6.03 Å². The van der Waals surface area contributed by atoms with Crippen molar-refractivity contribution in [1.29, 1.82) is 0 Å². The molecule has 0 aromatic heterocycles. The summed E-state index contributed by atoms with van der Waals surface area (Å²) < 4.78 is 5.14. The number of aliphatic hydroxyl groups is 1. The number of carbonyl (C=O) groups excluding carboxylic acids is 1. The lowest BCUT2D eigenvalue weighted by atomic mass is 10.0. The normalized spacial score (nSPS) is 10.3. The zero-order valence-corrected chi connectivity index (χ0v) is 13.0. The van der Waals surface area contributed by atoms with Gasteiger partial charge in [0.25, 0.3) is 0 Å². The van der Waals surface area contributed by atoms with Crippen LogP contribution in [0.1, 0.15) is 6.42 Å². The second-order valence-electron chi connectivity index (χ2n) is 4.98. The van der Waals surface area contributed by atoms with Gasteiger partial charge in [0, 0.05) is 18.7 Å². The highest BCUT2D eigenvalue weighted by molar-refractivity contribution is 5.94. The van der Waals surface area contributed by atoms with Gasteiger partial charge in [-0.3, -0.25) is 0 Å². The molecule has 23 heavy (non-hydrogen) atoms. The van der Waals surface area contributed by atoms with E-state index in [2.05, 4.69) is 10.6 Å². The Bertz CT molecular complexity index is 602. The molecule has 0 spiro atoms. The summed E-state index contributed by atoms with van der Waals surface area (Å²) in [6.45, 7) is 1.38. The van der Waals surface area contributed by atoms with Crippen molar-refractivity contribution in [3.8, 4) is 11.1 Å². The predicted molar refractivity (Wildman–Crippen MR) is 91.4 cm³/mol. The van der Waals surface area contributed by atoms with Crippen molar-refractivity contribution in [2.45, 2.75) is 6.42 Å². The molecule has 0 radical (unpaired) electrons. The van der Waals surface area contributed by atoms with E-state index in [9.17, 15) is 4.79 Å². The highest BCUT2D eigenvalue weighted by atomic mass is 16.5. The van der Waals surface area contributed by atoms with Crippen molar-refractivity contribution in [3.05, 3.63) is 54.6 Å². The summed E-state index contributed by atoms with van der Waals surface area (Å²) in [5, 5.41) is 14.3. The molecule has 5 heteroatoms. The molecule has 0 atom stereocenters. The molecule has 0 fully saturated rings. The number of hydrogen-bond donors (Lipinski definition) is 3. The van der Waals surface area contributed by atoms with Crippen LogP contribution in [-0.4, -0.2) is 37.5 Å². The van der Waals surface area contributed by atoms with Gasteiger partial charge < -0.3 is 20.5 Å². The van der Waals surface area contributed by atoms with Gasteiger partial charge in [-0.2, -0.15) is 0 Å². The van der Waals surface area contributed by atoms with E-state index in [0.29, 0.717) is 26.2 Å². The molecule has 0 heterocycles. The van der Waals surface area contributed by atoms with Gasteiger partial charge in [0.15, 0.2) is 0 Å². The van der Waals surface area contributed by atoms with E-state index in [0.717, 1.165) is 16.8 Å². The monoisotopic (exact) mass is 314 g/mol. The number of urea groups is 1. The fraction of sp³-hybridized carbons (Fsp3) is 0.278. The van der Waals surface area contributed by atoms with E-state index >= 15 is 0 Å². The average Bonchev–Trinajstić information content (AvgIpc) is 2.59. The van der Waals surface area contributed by atoms with Crippen LogP contribution in [-0.2, 0) is 4.74 Å². The highest BCUT2D eigenvalue weighted by Gasteiger charge is 2.07. The van der Waals surface area contributed by atoms with Crippen molar-refractivity contribution in [2.24, 2.45) is 0 Å². The summed E-state index contributed by atoms with van der Waals surface area (Å²) in [4.78, 5) is 12.0. The quantitative estimate of drug-likeness (QED) is 0.656. The van der Waals surface area contributed by atoms with Crippen LogP contribution >= 0.6 is 0 Å². The minimum atomic E-state index is -0.240. The van der Waals surface area contributed by atoms with Gasteiger partial charge in [-0.1, -0.05) is 48.5 Å². The maximum atomic E-state index is 12.0. The first-order valence-electron chi connectivity index (χ1n) is 7.69. The van der Waals surface area contributed by atoms with Crippen molar-refractivity contribution in [2.75, 3.05) is 31.7 Å². The van der Waals surface area contributed by atoms with E-state index in [1.807, 2.05) is 54.6 Å². The summed E-state index contributed by atoms with van der Waals surface area (Å²) in [5.74, 6) is 0. The highest BCUT2D eigenvalue weighted by Crippen LogP contribution is 2.27. The van der Waals surface area contributed by atoms with Crippen molar-refractivity contribution >= 4 is 11.7 Å². The largest absolute Gasteiger partial charge is 0.394 e. The Morgan fingerprint density at radius 1 is 1.00 bits per heavy atom. The molecule has 3 N–H and O–H groups in total. The molecule has 0 aliphatic carbocycles. The smallest absolute Gasteiger partial charge is 0.319 e. The van der Waals surface area contributed by atoms with Crippen LogP contribution in [0.2, 0.25) is 0 Å². The lowest BCUT2D eigenvalue weighted by molar-refractivity contribution is 0.0910. The Morgan fingerprint density at radius 3 is 2.52 bits per heavy atom. The minimum Gasteiger partial charge on any atom is -0.394 e.